The lowest BCUT2D eigenvalue weighted by atomic mass is 10.3. The minimum atomic E-state index is -0.748. The van der Waals surface area contributed by atoms with Crippen LogP contribution in [0.25, 0.3) is 4.96 Å². The SMILES string of the molecule is O=C(NNC(=O)c1cnc2sccn2c1=O)c1ccccn1. The molecule has 0 aliphatic rings. The van der Waals surface area contributed by atoms with E-state index in [4.69, 9.17) is 0 Å². The summed E-state index contributed by atoms with van der Waals surface area (Å²) in [6, 6.07) is 4.80. The Morgan fingerprint density at radius 2 is 1.95 bits per heavy atom. The standard InChI is InChI=1S/C13H9N5O3S/c19-10(16-17-11(20)9-3-1-2-4-14-9)8-7-15-13-18(12(8)21)5-6-22-13/h1-7H,(H,16,19)(H,17,20). The quantitative estimate of drug-likeness (QED) is 0.658. The van der Waals surface area contributed by atoms with E-state index in [-0.39, 0.29) is 11.3 Å². The molecule has 0 radical (unpaired) electrons. The van der Waals surface area contributed by atoms with Gasteiger partial charge in [-0.2, -0.15) is 0 Å². The lowest BCUT2D eigenvalue weighted by Crippen LogP contribution is -2.44. The van der Waals surface area contributed by atoms with E-state index in [2.05, 4.69) is 20.8 Å². The molecule has 3 heterocycles. The minimum Gasteiger partial charge on any atom is -0.268 e. The van der Waals surface area contributed by atoms with E-state index in [1.807, 2.05) is 0 Å². The van der Waals surface area contributed by atoms with Gasteiger partial charge in [-0.25, -0.2) is 4.98 Å². The number of amides is 2. The van der Waals surface area contributed by atoms with Gasteiger partial charge in [0.1, 0.15) is 11.3 Å². The average molecular weight is 315 g/mol. The fraction of sp³-hybridized carbons (Fsp3) is 0. The number of thiazole rings is 1. The predicted molar refractivity (Wildman–Crippen MR) is 78.5 cm³/mol. The monoisotopic (exact) mass is 315 g/mol. The smallest absolute Gasteiger partial charge is 0.268 e. The van der Waals surface area contributed by atoms with E-state index in [0.29, 0.717) is 4.96 Å². The number of hydrogen-bond acceptors (Lipinski definition) is 6. The third-order valence-electron chi connectivity index (χ3n) is 2.77. The summed E-state index contributed by atoms with van der Waals surface area (Å²) in [6.07, 6.45) is 4.16. The number of aromatic nitrogens is 3. The maximum atomic E-state index is 12.1. The zero-order chi connectivity index (χ0) is 15.5. The van der Waals surface area contributed by atoms with Crippen molar-refractivity contribution in [1.82, 2.24) is 25.2 Å². The molecular weight excluding hydrogens is 306 g/mol. The van der Waals surface area contributed by atoms with Crippen LogP contribution in [0.4, 0.5) is 0 Å². The summed E-state index contributed by atoms with van der Waals surface area (Å²) in [6.45, 7) is 0. The molecule has 0 aromatic carbocycles. The summed E-state index contributed by atoms with van der Waals surface area (Å²) < 4.78 is 1.26. The van der Waals surface area contributed by atoms with Crippen molar-refractivity contribution in [2.75, 3.05) is 0 Å². The Hall–Kier alpha value is -3.07. The van der Waals surface area contributed by atoms with E-state index in [1.165, 1.54) is 40.4 Å². The molecular formula is C13H9N5O3S. The lowest BCUT2D eigenvalue weighted by molar-refractivity contribution is 0.0843. The Bertz CT molecular complexity index is 903. The molecule has 9 heteroatoms. The summed E-state index contributed by atoms with van der Waals surface area (Å²) in [5.74, 6) is -1.33. The normalized spacial score (nSPS) is 10.4. The van der Waals surface area contributed by atoms with Crippen LogP contribution in [0.1, 0.15) is 20.8 Å². The predicted octanol–water partition coefficient (Wildman–Crippen LogP) is 0.226. The van der Waals surface area contributed by atoms with Crippen molar-refractivity contribution >= 4 is 28.1 Å². The Morgan fingerprint density at radius 1 is 1.14 bits per heavy atom. The van der Waals surface area contributed by atoms with Gasteiger partial charge in [0.15, 0.2) is 4.96 Å². The maximum Gasteiger partial charge on any atom is 0.288 e. The van der Waals surface area contributed by atoms with Crippen molar-refractivity contribution in [1.29, 1.82) is 0 Å². The zero-order valence-corrected chi connectivity index (χ0v) is 11.8. The largest absolute Gasteiger partial charge is 0.288 e. The molecule has 0 bridgehead atoms. The topological polar surface area (TPSA) is 105 Å². The molecule has 110 valence electrons. The highest BCUT2D eigenvalue weighted by molar-refractivity contribution is 7.15. The first kappa shape index (κ1) is 13.9. The molecule has 0 fully saturated rings. The first-order valence-corrected chi connectivity index (χ1v) is 7.01. The number of carbonyl (C=O) groups is 2. The molecule has 0 saturated carbocycles. The van der Waals surface area contributed by atoms with Crippen LogP contribution < -0.4 is 16.4 Å². The molecule has 8 nitrogen and oxygen atoms in total. The second kappa shape index (κ2) is 5.74. The molecule has 2 N–H and O–H groups in total. The van der Waals surface area contributed by atoms with E-state index >= 15 is 0 Å². The van der Waals surface area contributed by atoms with Gasteiger partial charge in [-0.1, -0.05) is 6.07 Å². The third-order valence-corrected chi connectivity index (χ3v) is 3.55. The Morgan fingerprint density at radius 3 is 2.73 bits per heavy atom. The van der Waals surface area contributed by atoms with Gasteiger partial charge in [0.25, 0.3) is 17.4 Å². The van der Waals surface area contributed by atoms with Gasteiger partial charge < -0.3 is 0 Å². The summed E-state index contributed by atoms with van der Waals surface area (Å²) in [7, 11) is 0. The van der Waals surface area contributed by atoms with Crippen molar-refractivity contribution in [3.63, 3.8) is 0 Å². The van der Waals surface area contributed by atoms with Crippen LogP contribution in [0.15, 0.2) is 47.0 Å². The number of fused-ring (bicyclic) bond motifs is 1. The molecule has 3 rings (SSSR count). The molecule has 3 aromatic rings. The highest BCUT2D eigenvalue weighted by Gasteiger charge is 2.15. The molecule has 0 spiro atoms. The molecule has 2 amide bonds. The number of hydrazine groups is 1. The molecule has 0 atom stereocenters. The molecule has 0 aliphatic carbocycles. The second-order valence-corrected chi connectivity index (χ2v) is 5.03. The molecule has 0 unspecified atom stereocenters. The van der Waals surface area contributed by atoms with Gasteiger partial charge in [0.2, 0.25) is 0 Å². The van der Waals surface area contributed by atoms with Gasteiger partial charge in [-0.15, -0.1) is 11.3 Å². The number of nitrogens with one attached hydrogen (secondary N) is 2. The van der Waals surface area contributed by atoms with Crippen LogP contribution in [0.5, 0.6) is 0 Å². The van der Waals surface area contributed by atoms with Gasteiger partial charge in [0.05, 0.1) is 0 Å². The van der Waals surface area contributed by atoms with Gasteiger partial charge in [0, 0.05) is 24.0 Å². The Balaban J connectivity index is 1.75. The van der Waals surface area contributed by atoms with Gasteiger partial charge >= 0.3 is 0 Å². The molecule has 0 aliphatic heterocycles. The maximum absolute atomic E-state index is 12.1. The van der Waals surface area contributed by atoms with Crippen molar-refractivity contribution in [2.24, 2.45) is 0 Å². The van der Waals surface area contributed by atoms with E-state index in [1.54, 1.807) is 17.5 Å². The van der Waals surface area contributed by atoms with Crippen LogP contribution >= 0.6 is 11.3 Å². The number of hydrogen-bond donors (Lipinski definition) is 2. The van der Waals surface area contributed by atoms with E-state index < -0.39 is 17.4 Å². The summed E-state index contributed by atoms with van der Waals surface area (Å²) in [5.41, 5.74) is 3.83. The summed E-state index contributed by atoms with van der Waals surface area (Å²) in [4.78, 5) is 44.1. The van der Waals surface area contributed by atoms with Crippen LogP contribution in [0.2, 0.25) is 0 Å². The molecule has 3 aromatic heterocycles. The number of pyridine rings is 1. The number of nitrogens with zero attached hydrogens (tertiary/aromatic N) is 3. The molecule has 22 heavy (non-hydrogen) atoms. The highest BCUT2D eigenvalue weighted by atomic mass is 32.1. The van der Waals surface area contributed by atoms with Crippen molar-refractivity contribution < 1.29 is 9.59 Å². The zero-order valence-electron chi connectivity index (χ0n) is 11.0. The first-order chi connectivity index (χ1) is 10.7. The second-order valence-electron chi connectivity index (χ2n) is 4.16. The van der Waals surface area contributed by atoms with Gasteiger partial charge in [-0.3, -0.25) is 34.6 Å². The fourth-order valence-corrected chi connectivity index (χ4v) is 2.40. The summed E-state index contributed by atoms with van der Waals surface area (Å²) >= 11 is 1.28. The van der Waals surface area contributed by atoms with Crippen molar-refractivity contribution in [3.05, 3.63) is 63.8 Å². The summed E-state index contributed by atoms with van der Waals surface area (Å²) in [5, 5.41) is 1.69. The number of rotatable bonds is 2. The van der Waals surface area contributed by atoms with Crippen molar-refractivity contribution in [2.45, 2.75) is 0 Å². The third kappa shape index (κ3) is 2.56. The van der Waals surface area contributed by atoms with E-state index in [9.17, 15) is 14.4 Å². The van der Waals surface area contributed by atoms with Crippen LogP contribution in [-0.4, -0.2) is 26.2 Å². The van der Waals surface area contributed by atoms with E-state index in [0.717, 1.165) is 0 Å². The Labute approximate surface area is 127 Å². The molecule has 0 saturated heterocycles. The van der Waals surface area contributed by atoms with Crippen LogP contribution in [0.3, 0.4) is 0 Å². The lowest BCUT2D eigenvalue weighted by Gasteiger charge is -2.06. The van der Waals surface area contributed by atoms with Gasteiger partial charge in [-0.05, 0) is 12.1 Å². The van der Waals surface area contributed by atoms with Crippen LogP contribution in [0, 0.1) is 0 Å². The first-order valence-electron chi connectivity index (χ1n) is 6.13. The minimum absolute atomic E-state index is 0.144. The number of carbonyl (C=O) groups excluding carboxylic acids is 2. The highest BCUT2D eigenvalue weighted by Crippen LogP contribution is 2.05. The fourth-order valence-electron chi connectivity index (χ4n) is 1.72. The van der Waals surface area contributed by atoms with Crippen molar-refractivity contribution in [3.8, 4) is 0 Å². The van der Waals surface area contributed by atoms with Crippen LogP contribution in [-0.2, 0) is 0 Å². The Kier molecular flexibility index (Phi) is 3.62. The average Bonchev–Trinajstić information content (AvgIpc) is 3.03.